The Morgan fingerprint density at radius 3 is 2.74 bits per heavy atom. The van der Waals surface area contributed by atoms with E-state index in [1.165, 1.54) is 23.4 Å². The van der Waals surface area contributed by atoms with E-state index in [1.807, 2.05) is 0 Å². The summed E-state index contributed by atoms with van der Waals surface area (Å²) in [7, 11) is 0. The van der Waals surface area contributed by atoms with Gasteiger partial charge >= 0.3 is 0 Å². The van der Waals surface area contributed by atoms with Crippen molar-refractivity contribution in [2.75, 3.05) is 13.2 Å². The molecule has 7 heteroatoms. The van der Waals surface area contributed by atoms with Crippen LogP contribution in [-0.2, 0) is 16.9 Å². The summed E-state index contributed by atoms with van der Waals surface area (Å²) in [6.07, 6.45) is 4.80. The molecule has 124 valence electrons. The fourth-order valence-electron chi connectivity index (χ4n) is 3.14. The van der Waals surface area contributed by atoms with Crippen molar-refractivity contribution in [2.45, 2.75) is 31.4 Å². The molecule has 0 aliphatic carbocycles. The van der Waals surface area contributed by atoms with Crippen molar-refractivity contribution in [2.24, 2.45) is 5.92 Å². The number of rotatable bonds is 5. The third-order valence-corrected chi connectivity index (χ3v) is 4.29. The van der Waals surface area contributed by atoms with Crippen LogP contribution in [0.15, 0.2) is 30.9 Å². The molecule has 1 aromatic carbocycles. The van der Waals surface area contributed by atoms with Crippen LogP contribution in [0.25, 0.3) is 0 Å². The highest BCUT2D eigenvalue weighted by molar-refractivity contribution is 5.25. The van der Waals surface area contributed by atoms with Crippen LogP contribution in [0.4, 0.5) is 8.78 Å². The smallest absolute Gasteiger partial charge is 0.137 e. The summed E-state index contributed by atoms with van der Waals surface area (Å²) in [6.45, 7) is 1.33. The van der Waals surface area contributed by atoms with Crippen LogP contribution in [0.5, 0.6) is 0 Å². The van der Waals surface area contributed by atoms with E-state index in [0.717, 1.165) is 25.0 Å². The normalized spacial score (nSPS) is 18.7. The SMILES string of the molecule is O[C@](CC1CCOCC1)(Cn1cncn1)c1ccc(F)cc1F. The van der Waals surface area contributed by atoms with E-state index in [1.54, 1.807) is 0 Å². The van der Waals surface area contributed by atoms with Crippen LogP contribution >= 0.6 is 0 Å². The highest BCUT2D eigenvalue weighted by Gasteiger charge is 2.36. The maximum atomic E-state index is 14.3. The molecule has 0 unspecified atom stereocenters. The van der Waals surface area contributed by atoms with Crippen LogP contribution in [0, 0.1) is 17.6 Å². The molecule has 5 nitrogen and oxygen atoms in total. The Hall–Kier alpha value is -1.86. The van der Waals surface area contributed by atoms with E-state index in [-0.39, 0.29) is 18.0 Å². The molecule has 3 rings (SSSR count). The van der Waals surface area contributed by atoms with Crippen molar-refractivity contribution in [1.82, 2.24) is 14.8 Å². The summed E-state index contributed by atoms with van der Waals surface area (Å²) in [5, 5.41) is 15.2. The summed E-state index contributed by atoms with van der Waals surface area (Å²) >= 11 is 0. The van der Waals surface area contributed by atoms with E-state index in [9.17, 15) is 13.9 Å². The predicted molar refractivity (Wildman–Crippen MR) is 78.4 cm³/mol. The molecule has 0 spiro atoms. The Labute approximate surface area is 132 Å². The number of halogens is 2. The molecule has 1 aliphatic heterocycles. The highest BCUT2D eigenvalue weighted by atomic mass is 19.1. The second-order valence-electron chi connectivity index (χ2n) is 6.01. The van der Waals surface area contributed by atoms with E-state index >= 15 is 0 Å². The van der Waals surface area contributed by atoms with Gasteiger partial charge in [0.2, 0.25) is 0 Å². The topological polar surface area (TPSA) is 60.2 Å². The number of hydrogen-bond donors (Lipinski definition) is 1. The molecular weight excluding hydrogens is 304 g/mol. The van der Waals surface area contributed by atoms with Gasteiger partial charge in [-0.05, 0) is 31.2 Å². The van der Waals surface area contributed by atoms with Gasteiger partial charge in [0, 0.05) is 24.8 Å². The average molecular weight is 323 g/mol. The standard InChI is InChI=1S/C16H19F2N3O2/c17-13-1-2-14(15(18)7-13)16(22,9-21-11-19-10-20-21)8-12-3-5-23-6-4-12/h1-2,7,10-12,22H,3-6,8-9H2/t16-/m1/s1. The van der Waals surface area contributed by atoms with Crippen molar-refractivity contribution < 1.29 is 18.6 Å². The van der Waals surface area contributed by atoms with Gasteiger partial charge in [-0.15, -0.1) is 0 Å². The first-order valence-electron chi connectivity index (χ1n) is 7.65. The molecule has 0 radical (unpaired) electrons. The van der Waals surface area contributed by atoms with Gasteiger partial charge in [-0.25, -0.2) is 18.4 Å². The molecule has 1 atom stereocenters. The molecule has 1 N–H and O–H groups in total. The first-order chi connectivity index (χ1) is 11.1. The second kappa shape index (κ2) is 6.72. The molecule has 0 saturated carbocycles. The summed E-state index contributed by atoms with van der Waals surface area (Å²) in [6, 6.07) is 3.27. The fraction of sp³-hybridized carbons (Fsp3) is 0.500. The molecular formula is C16H19F2N3O2. The minimum atomic E-state index is -1.48. The van der Waals surface area contributed by atoms with Crippen molar-refractivity contribution in [3.63, 3.8) is 0 Å². The maximum absolute atomic E-state index is 14.3. The number of aliphatic hydroxyl groups is 1. The molecule has 2 heterocycles. The third-order valence-electron chi connectivity index (χ3n) is 4.29. The number of benzene rings is 1. The van der Waals surface area contributed by atoms with Gasteiger partial charge in [0.25, 0.3) is 0 Å². The predicted octanol–water partition coefficient (Wildman–Crippen LogP) is 2.26. The van der Waals surface area contributed by atoms with E-state index < -0.39 is 17.2 Å². The zero-order valence-corrected chi connectivity index (χ0v) is 12.7. The summed E-state index contributed by atoms with van der Waals surface area (Å²) in [4.78, 5) is 3.85. The van der Waals surface area contributed by atoms with Gasteiger partial charge in [-0.1, -0.05) is 6.07 Å². The largest absolute Gasteiger partial charge is 0.383 e. The molecule has 1 aromatic heterocycles. The number of aromatic nitrogens is 3. The van der Waals surface area contributed by atoms with Crippen LogP contribution in [-0.4, -0.2) is 33.1 Å². The molecule has 1 fully saturated rings. The number of ether oxygens (including phenoxy) is 1. The molecule has 2 aromatic rings. The van der Waals surface area contributed by atoms with Gasteiger partial charge in [0.1, 0.15) is 29.9 Å². The molecule has 0 bridgehead atoms. The Bertz CT molecular complexity index is 645. The van der Waals surface area contributed by atoms with Gasteiger partial charge in [-0.3, -0.25) is 0 Å². The summed E-state index contributed by atoms with van der Waals surface area (Å²) in [5.41, 5.74) is -1.39. The zero-order valence-electron chi connectivity index (χ0n) is 12.7. The lowest BCUT2D eigenvalue weighted by atomic mass is 9.81. The van der Waals surface area contributed by atoms with Crippen LogP contribution in [0.3, 0.4) is 0 Å². The quantitative estimate of drug-likeness (QED) is 0.917. The van der Waals surface area contributed by atoms with Crippen molar-refractivity contribution >= 4 is 0 Å². The van der Waals surface area contributed by atoms with E-state index in [0.29, 0.717) is 19.6 Å². The zero-order chi connectivity index (χ0) is 16.3. The van der Waals surface area contributed by atoms with E-state index in [4.69, 9.17) is 4.74 Å². The summed E-state index contributed by atoms with van der Waals surface area (Å²) < 4.78 is 34.3. The maximum Gasteiger partial charge on any atom is 0.137 e. The second-order valence-corrected chi connectivity index (χ2v) is 6.01. The fourth-order valence-corrected chi connectivity index (χ4v) is 3.14. The van der Waals surface area contributed by atoms with Crippen molar-refractivity contribution in [3.05, 3.63) is 48.1 Å². The van der Waals surface area contributed by atoms with Gasteiger partial charge in [-0.2, -0.15) is 5.10 Å². The lowest BCUT2D eigenvalue weighted by Crippen LogP contribution is -2.36. The first-order valence-corrected chi connectivity index (χ1v) is 7.65. The van der Waals surface area contributed by atoms with Gasteiger partial charge < -0.3 is 9.84 Å². The molecule has 1 aliphatic rings. The highest BCUT2D eigenvalue weighted by Crippen LogP contribution is 2.35. The van der Waals surface area contributed by atoms with Crippen LogP contribution in [0.2, 0.25) is 0 Å². The Kier molecular flexibility index (Phi) is 4.68. The third kappa shape index (κ3) is 3.73. The minimum absolute atomic E-state index is 0.0624. The Balaban J connectivity index is 1.90. The molecule has 23 heavy (non-hydrogen) atoms. The van der Waals surface area contributed by atoms with Gasteiger partial charge in [0.15, 0.2) is 0 Å². The average Bonchev–Trinajstić information content (AvgIpc) is 3.00. The van der Waals surface area contributed by atoms with Crippen molar-refractivity contribution in [1.29, 1.82) is 0 Å². The first kappa shape index (κ1) is 16.0. The van der Waals surface area contributed by atoms with Crippen molar-refractivity contribution in [3.8, 4) is 0 Å². The number of nitrogens with zero attached hydrogens (tertiary/aromatic N) is 3. The Morgan fingerprint density at radius 2 is 2.09 bits per heavy atom. The summed E-state index contributed by atoms with van der Waals surface area (Å²) in [5.74, 6) is -1.21. The van der Waals surface area contributed by atoms with Crippen LogP contribution < -0.4 is 0 Å². The molecule has 0 amide bonds. The Morgan fingerprint density at radius 1 is 1.30 bits per heavy atom. The minimum Gasteiger partial charge on any atom is -0.383 e. The monoisotopic (exact) mass is 323 g/mol. The number of hydrogen-bond acceptors (Lipinski definition) is 4. The van der Waals surface area contributed by atoms with Gasteiger partial charge in [0.05, 0.1) is 6.54 Å². The van der Waals surface area contributed by atoms with Crippen LogP contribution in [0.1, 0.15) is 24.8 Å². The lowest BCUT2D eigenvalue weighted by Gasteiger charge is -2.34. The molecule has 1 saturated heterocycles. The lowest BCUT2D eigenvalue weighted by molar-refractivity contribution is -0.0322. The van der Waals surface area contributed by atoms with E-state index in [2.05, 4.69) is 10.1 Å².